The maximum atomic E-state index is 12.3. The molecule has 1 aromatic heterocycles. The Kier molecular flexibility index (Phi) is 7.30. The number of likely N-dealkylation sites (N-methyl/N-ethyl adjacent to an activating group) is 1. The minimum Gasteiger partial charge on any atom is -0.351 e. The van der Waals surface area contributed by atoms with Crippen molar-refractivity contribution in [3.63, 3.8) is 0 Å². The predicted octanol–water partition coefficient (Wildman–Crippen LogP) is 3.96. The lowest BCUT2D eigenvalue weighted by molar-refractivity contribution is 0.0949. The summed E-state index contributed by atoms with van der Waals surface area (Å²) in [7, 11) is 0. The van der Waals surface area contributed by atoms with Gasteiger partial charge in [0.15, 0.2) is 5.82 Å². The summed E-state index contributed by atoms with van der Waals surface area (Å²) in [6.07, 6.45) is 1.73. The van der Waals surface area contributed by atoms with Gasteiger partial charge < -0.3 is 15.5 Å². The van der Waals surface area contributed by atoms with Crippen molar-refractivity contribution in [2.45, 2.75) is 13.8 Å². The largest absolute Gasteiger partial charge is 0.351 e. The van der Waals surface area contributed by atoms with Crippen LogP contribution in [0.3, 0.4) is 0 Å². The molecule has 0 spiro atoms. The maximum absolute atomic E-state index is 12.3. The lowest BCUT2D eigenvalue weighted by atomic mass is 10.2. The number of amides is 1. The first-order chi connectivity index (χ1) is 14.2. The summed E-state index contributed by atoms with van der Waals surface area (Å²) in [6, 6.07) is 19.1. The van der Waals surface area contributed by atoms with Crippen LogP contribution in [0.4, 0.5) is 11.5 Å². The van der Waals surface area contributed by atoms with Crippen LogP contribution < -0.4 is 10.6 Å². The standard InChI is InChI=1S/C23H27N5O/c1-3-28(4-2)17-16-25-23(29)19-10-12-20(13-11-19)26-21-14-15-24-22(27-21)18-8-6-5-7-9-18/h5-15H,3-4,16-17H2,1-2H3,(H,25,29)(H,24,26,27). The summed E-state index contributed by atoms with van der Waals surface area (Å²) in [5, 5.41) is 6.24. The van der Waals surface area contributed by atoms with Crippen LogP contribution in [0.5, 0.6) is 0 Å². The Bertz CT molecular complexity index is 908. The van der Waals surface area contributed by atoms with Gasteiger partial charge in [-0.25, -0.2) is 9.97 Å². The molecule has 0 radical (unpaired) electrons. The van der Waals surface area contributed by atoms with Crippen molar-refractivity contribution in [3.05, 3.63) is 72.4 Å². The van der Waals surface area contributed by atoms with Gasteiger partial charge in [-0.05, 0) is 43.4 Å². The molecule has 3 rings (SSSR count). The molecule has 0 bridgehead atoms. The molecule has 2 aromatic carbocycles. The predicted molar refractivity (Wildman–Crippen MR) is 117 cm³/mol. The third-order valence-electron chi connectivity index (χ3n) is 4.72. The van der Waals surface area contributed by atoms with Crippen LogP contribution in [0.15, 0.2) is 66.9 Å². The Labute approximate surface area is 172 Å². The van der Waals surface area contributed by atoms with Crippen molar-refractivity contribution in [2.75, 3.05) is 31.5 Å². The molecule has 0 fully saturated rings. The summed E-state index contributed by atoms with van der Waals surface area (Å²) >= 11 is 0. The van der Waals surface area contributed by atoms with Crippen molar-refractivity contribution in [2.24, 2.45) is 0 Å². The Balaban J connectivity index is 1.59. The zero-order valence-corrected chi connectivity index (χ0v) is 16.9. The average Bonchev–Trinajstić information content (AvgIpc) is 2.78. The van der Waals surface area contributed by atoms with Gasteiger partial charge >= 0.3 is 0 Å². The van der Waals surface area contributed by atoms with E-state index in [1.165, 1.54) is 0 Å². The van der Waals surface area contributed by atoms with Gasteiger partial charge in [-0.1, -0.05) is 44.2 Å². The Morgan fingerprint density at radius 3 is 2.38 bits per heavy atom. The van der Waals surface area contributed by atoms with Crippen LogP contribution in [0.25, 0.3) is 11.4 Å². The minimum absolute atomic E-state index is 0.0582. The molecule has 2 N–H and O–H groups in total. The number of hydrogen-bond donors (Lipinski definition) is 2. The molecule has 0 aliphatic carbocycles. The van der Waals surface area contributed by atoms with Crippen LogP contribution in [-0.2, 0) is 0 Å². The van der Waals surface area contributed by atoms with Crippen molar-refractivity contribution in [1.82, 2.24) is 20.2 Å². The second-order valence-electron chi connectivity index (χ2n) is 6.62. The molecule has 0 atom stereocenters. The lowest BCUT2D eigenvalue weighted by Gasteiger charge is -2.18. The van der Waals surface area contributed by atoms with E-state index in [0.29, 0.717) is 23.8 Å². The van der Waals surface area contributed by atoms with Gasteiger partial charge in [0.2, 0.25) is 0 Å². The van der Waals surface area contributed by atoms with Gasteiger partial charge in [-0.2, -0.15) is 0 Å². The molecule has 6 heteroatoms. The molecule has 3 aromatic rings. The Morgan fingerprint density at radius 2 is 1.69 bits per heavy atom. The number of rotatable bonds is 9. The van der Waals surface area contributed by atoms with E-state index in [1.54, 1.807) is 6.20 Å². The van der Waals surface area contributed by atoms with E-state index in [9.17, 15) is 4.79 Å². The minimum atomic E-state index is -0.0582. The molecule has 0 unspecified atom stereocenters. The quantitative estimate of drug-likeness (QED) is 0.580. The van der Waals surface area contributed by atoms with Crippen LogP contribution >= 0.6 is 0 Å². The van der Waals surface area contributed by atoms with Gasteiger partial charge in [-0.15, -0.1) is 0 Å². The Morgan fingerprint density at radius 1 is 0.966 bits per heavy atom. The zero-order valence-electron chi connectivity index (χ0n) is 16.9. The fourth-order valence-electron chi connectivity index (χ4n) is 2.98. The molecule has 150 valence electrons. The van der Waals surface area contributed by atoms with E-state index < -0.39 is 0 Å². The fourth-order valence-corrected chi connectivity index (χ4v) is 2.98. The third-order valence-corrected chi connectivity index (χ3v) is 4.72. The van der Waals surface area contributed by atoms with Crippen LogP contribution in [0, 0.1) is 0 Å². The van der Waals surface area contributed by atoms with Crippen LogP contribution in [0.2, 0.25) is 0 Å². The van der Waals surface area contributed by atoms with Crippen molar-refractivity contribution >= 4 is 17.4 Å². The zero-order chi connectivity index (χ0) is 20.5. The van der Waals surface area contributed by atoms with Gasteiger partial charge in [-0.3, -0.25) is 4.79 Å². The first kappa shape index (κ1) is 20.5. The third kappa shape index (κ3) is 5.86. The molecule has 1 amide bonds. The Hall–Kier alpha value is -3.25. The van der Waals surface area contributed by atoms with E-state index in [1.807, 2.05) is 60.7 Å². The second-order valence-corrected chi connectivity index (χ2v) is 6.62. The van der Waals surface area contributed by atoms with Crippen molar-refractivity contribution in [1.29, 1.82) is 0 Å². The highest BCUT2D eigenvalue weighted by atomic mass is 16.1. The number of aromatic nitrogens is 2. The first-order valence-electron chi connectivity index (χ1n) is 9.95. The summed E-state index contributed by atoms with van der Waals surface area (Å²) in [6.45, 7) is 7.72. The number of carbonyl (C=O) groups excluding carboxylic acids is 1. The normalized spacial score (nSPS) is 10.7. The lowest BCUT2D eigenvalue weighted by Crippen LogP contribution is -2.34. The second kappa shape index (κ2) is 10.3. The molecule has 29 heavy (non-hydrogen) atoms. The van der Waals surface area contributed by atoms with Gasteiger partial charge in [0.1, 0.15) is 5.82 Å². The topological polar surface area (TPSA) is 70.2 Å². The highest BCUT2D eigenvalue weighted by Crippen LogP contribution is 2.19. The molecule has 0 saturated heterocycles. The number of benzene rings is 2. The molecule has 1 heterocycles. The van der Waals surface area contributed by atoms with Crippen molar-refractivity contribution in [3.8, 4) is 11.4 Å². The van der Waals surface area contributed by atoms with E-state index in [0.717, 1.165) is 30.9 Å². The summed E-state index contributed by atoms with van der Waals surface area (Å²) in [4.78, 5) is 23.5. The number of nitrogens with zero attached hydrogens (tertiary/aromatic N) is 3. The first-order valence-corrected chi connectivity index (χ1v) is 9.95. The molecular formula is C23H27N5O. The van der Waals surface area contributed by atoms with Gasteiger partial charge in [0.05, 0.1) is 0 Å². The van der Waals surface area contributed by atoms with Gasteiger partial charge in [0, 0.05) is 36.1 Å². The summed E-state index contributed by atoms with van der Waals surface area (Å²) < 4.78 is 0. The number of carbonyl (C=O) groups is 1. The molecule has 0 saturated carbocycles. The SMILES string of the molecule is CCN(CC)CCNC(=O)c1ccc(Nc2ccnc(-c3ccccc3)n2)cc1. The highest BCUT2D eigenvalue weighted by molar-refractivity contribution is 5.94. The van der Waals surface area contributed by atoms with Crippen molar-refractivity contribution < 1.29 is 4.79 Å². The van der Waals surface area contributed by atoms with E-state index >= 15 is 0 Å². The number of hydrogen-bond acceptors (Lipinski definition) is 5. The fraction of sp³-hybridized carbons (Fsp3) is 0.261. The molecule has 0 aliphatic rings. The summed E-state index contributed by atoms with van der Waals surface area (Å²) in [5.41, 5.74) is 2.47. The smallest absolute Gasteiger partial charge is 0.251 e. The molecular weight excluding hydrogens is 362 g/mol. The van der Waals surface area contributed by atoms with Crippen LogP contribution in [-0.4, -0.2) is 47.0 Å². The van der Waals surface area contributed by atoms with E-state index in [2.05, 4.69) is 39.3 Å². The number of nitrogens with one attached hydrogen (secondary N) is 2. The molecule has 6 nitrogen and oxygen atoms in total. The van der Waals surface area contributed by atoms with Crippen LogP contribution in [0.1, 0.15) is 24.2 Å². The molecule has 0 aliphatic heterocycles. The average molecular weight is 390 g/mol. The van der Waals surface area contributed by atoms with Gasteiger partial charge in [0.25, 0.3) is 5.91 Å². The maximum Gasteiger partial charge on any atom is 0.251 e. The van der Waals surface area contributed by atoms with E-state index in [4.69, 9.17) is 0 Å². The number of anilines is 2. The van der Waals surface area contributed by atoms with E-state index in [-0.39, 0.29) is 5.91 Å². The monoisotopic (exact) mass is 389 g/mol. The highest BCUT2D eigenvalue weighted by Gasteiger charge is 2.07. The summed E-state index contributed by atoms with van der Waals surface area (Å²) in [5.74, 6) is 1.31.